The maximum absolute atomic E-state index is 12.8. The summed E-state index contributed by atoms with van der Waals surface area (Å²) < 4.78 is 9.73. The highest BCUT2D eigenvalue weighted by Crippen LogP contribution is 2.17. The molecule has 0 saturated carbocycles. The molecule has 1 aliphatic heterocycles. The van der Waals surface area contributed by atoms with Gasteiger partial charge in [-0.2, -0.15) is 0 Å². The molecule has 0 atom stereocenters. The third kappa shape index (κ3) is 5.28. The van der Waals surface area contributed by atoms with Gasteiger partial charge in [-0.05, 0) is 61.9 Å². The van der Waals surface area contributed by atoms with Crippen molar-refractivity contribution in [3.63, 3.8) is 0 Å². The SMILES string of the molecule is CCOC(=O)Oc1ccc(C(=O)N2CCCN(C(=O)c3ccc(N)cc3)CC2)cc1. The number of ether oxygens (including phenoxy) is 2. The average molecular weight is 411 g/mol. The molecule has 0 aromatic heterocycles. The molecule has 0 radical (unpaired) electrons. The normalized spacial score (nSPS) is 14.0. The lowest BCUT2D eigenvalue weighted by Gasteiger charge is -2.22. The highest BCUT2D eigenvalue weighted by Gasteiger charge is 2.23. The van der Waals surface area contributed by atoms with E-state index >= 15 is 0 Å². The fraction of sp³-hybridized carbons (Fsp3) is 0.318. The molecule has 1 fully saturated rings. The van der Waals surface area contributed by atoms with Crippen molar-refractivity contribution in [3.8, 4) is 5.75 Å². The molecule has 2 amide bonds. The molecule has 158 valence electrons. The number of hydrogen-bond donors (Lipinski definition) is 1. The summed E-state index contributed by atoms with van der Waals surface area (Å²) in [6.45, 7) is 3.96. The van der Waals surface area contributed by atoms with Crippen LogP contribution in [0.3, 0.4) is 0 Å². The summed E-state index contributed by atoms with van der Waals surface area (Å²) in [4.78, 5) is 40.4. The summed E-state index contributed by atoms with van der Waals surface area (Å²) in [6, 6.07) is 13.2. The quantitative estimate of drug-likeness (QED) is 0.472. The van der Waals surface area contributed by atoms with Crippen LogP contribution >= 0.6 is 0 Å². The van der Waals surface area contributed by atoms with E-state index in [4.69, 9.17) is 15.2 Å². The monoisotopic (exact) mass is 411 g/mol. The summed E-state index contributed by atoms with van der Waals surface area (Å²) in [6.07, 6.45) is -0.0915. The molecular weight excluding hydrogens is 386 g/mol. The third-order valence-corrected chi connectivity index (χ3v) is 4.79. The number of carbonyl (C=O) groups is 3. The van der Waals surface area contributed by atoms with Gasteiger partial charge in [0.1, 0.15) is 5.75 Å². The van der Waals surface area contributed by atoms with Crippen molar-refractivity contribution in [2.75, 3.05) is 38.5 Å². The topological polar surface area (TPSA) is 102 Å². The van der Waals surface area contributed by atoms with Gasteiger partial charge in [0.05, 0.1) is 6.61 Å². The molecule has 0 aliphatic carbocycles. The van der Waals surface area contributed by atoms with Crippen LogP contribution in [0.4, 0.5) is 10.5 Å². The molecule has 0 spiro atoms. The van der Waals surface area contributed by atoms with E-state index in [0.717, 1.165) is 0 Å². The van der Waals surface area contributed by atoms with Crippen LogP contribution in [0.15, 0.2) is 48.5 Å². The molecule has 1 aliphatic rings. The number of anilines is 1. The van der Waals surface area contributed by atoms with Crippen molar-refractivity contribution in [3.05, 3.63) is 59.7 Å². The first kappa shape index (κ1) is 21.2. The summed E-state index contributed by atoms with van der Waals surface area (Å²) in [7, 11) is 0. The Morgan fingerprint density at radius 3 is 1.83 bits per heavy atom. The van der Waals surface area contributed by atoms with Crippen LogP contribution in [0.2, 0.25) is 0 Å². The van der Waals surface area contributed by atoms with Gasteiger partial charge >= 0.3 is 6.16 Å². The average Bonchev–Trinajstić information content (AvgIpc) is 3.00. The maximum atomic E-state index is 12.8. The second-order valence-electron chi connectivity index (χ2n) is 6.87. The Morgan fingerprint density at radius 1 is 0.833 bits per heavy atom. The van der Waals surface area contributed by atoms with Crippen molar-refractivity contribution in [1.82, 2.24) is 9.80 Å². The standard InChI is InChI=1S/C22H25N3O5/c1-2-29-22(28)30-19-10-6-17(7-11-19)21(27)25-13-3-12-24(14-15-25)20(26)16-4-8-18(23)9-5-16/h4-11H,2-3,12-15,23H2,1H3. The van der Waals surface area contributed by atoms with E-state index in [0.29, 0.717) is 55.2 Å². The second kappa shape index (κ2) is 9.78. The van der Waals surface area contributed by atoms with Gasteiger partial charge in [-0.25, -0.2) is 4.79 Å². The van der Waals surface area contributed by atoms with Crippen molar-refractivity contribution in [2.45, 2.75) is 13.3 Å². The highest BCUT2D eigenvalue weighted by molar-refractivity contribution is 5.95. The lowest BCUT2D eigenvalue weighted by Crippen LogP contribution is -2.37. The number of nitrogens with two attached hydrogens (primary N) is 1. The smallest absolute Gasteiger partial charge is 0.434 e. The Labute approximate surface area is 175 Å². The van der Waals surface area contributed by atoms with E-state index in [9.17, 15) is 14.4 Å². The van der Waals surface area contributed by atoms with Crippen LogP contribution in [0.25, 0.3) is 0 Å². The summed E-state index contributed by atoms with van der Waals surface area (Å²) >= 11 is 0. The van der Waals surface area contributed by atoms with Gasteiger partial charge in [0.25, 0.3) is 11.8 Å². The van der Waals surface area contributed by atoms with Gasteiger partial charge in [0.2, 0.25) is 0 Å². The fourth-order valence-corrected chi connectivity index (χ4v) is 3.22. The van der Waals surface area contributed by atoms with Gasteiger partial charge in [-0.3, -0.25) is 9.59 Å². The molecular formula is C22H25N3O5. The first-order chi connectivity index (χ1) is 14.5. The Hall–Kier alpha value is -3.55. The minimum absolute atomic E-state index is 0.0650. The number of benzene rings is 2. The zero-order valence-corrected chi connectivity index (χ0v) is 16.9. The van der Waals surface area contributed by atoms with Gasteiger partial charge in [-0.15, -0.1) is 0 Å². The lowest BCUT2D eigenvalue weighted by molar-refractivity contribution is 0.0718. The molecule has 1 heterocycles. The molecule has 2 aromatic rings. The van der Waals surface area contributed by atoms with Gasteiger partial charge in [-0.1, -0.05) is 0 Å². The van der Waals surface area contributed by atoms with E-state index < -0.39 is 6.16 Å². The highest BCUT2D eigenvalue weighted by atomic mass is 16.7. The van der Waals surface area contributed by atoms with Crippen LogP contribution < -0.4 is 10.5 Å². The van der Waals surface area contributed by atoms with Gasteiger partial charge in [0, 0.05) is 43.0 Å². The number of amides is 2. The Kier molecular flexibility index (Phi) is 6.90. The van der Waals surface area contributed by atoms with Crippen molar-refractivity contribution in [2.24, 2.45) is 0 Å². The molecule has 2 N–H and O–H groups in total. The number of nitrogens with zero attached hydrogens (tertiary/aromatic N) is 2. The molecule has 8 nitrogen and oxygen atoms in total. The van der Waals surface area contributed by atoms with Crippen LogP contribution in [-0.4, -0.2) is 60.6 Å². The van der Waals surface area contributed by atoms with E-state index in [2.05, 4.69) is 0 Å². The van der Waals surface area contributed by atoms with E-state index in [1.54, 1.807) is 65.3 Å². The van der Waals surface area contributed by atoms with Crippen molar-refractivity contribution in [1.29, 1.82) is 0 Å². The lowest BCUT2D eigenvalue weighted by atomic mass is 10.2. The largest absolute Gasteiger partial charge is 0.513 e. The molecule has 1 saturated heterocycles. The van der Waals surface area contributed by atoms with Gasteiger partial charge in [0.15, 0.2) is 0 Å². The summed E-state index contributed by atoms with van der Waals surface area (Å²) in [5.74, 6) is 0.116. The van der Waals surface area contributed by atoms with Crippen molar-refractivity contribution >= 4 is 23.7 Å². The van der Waals surface area contributed by atoms with Crippen LogP contribution in [0.5, 0.6) is 5.75 Å². The Morgan fingerprint density at radius 2 is 1.33 bits per heavy atom. The summed E-state index contributed by atoms with van der Waals surface area (Å²) in [5.41, 5.74) is 7.37. The number of nitrogen functional groups attached to an aromatic ring is 1. The maximum Gasteiger partial charge on any atom is 0.513 e. The second-order valence-corrected chi connectivity index (χ2v) is 6.87. The van der Waals surface area contributed by atoms with Crippen LogP contribution in [0, 0.1) is 0 Å². The zero-order valence-electron chi connectivity index (χ0n) is 16.9. The van der Waals surface area contributed by atoms with E-state index in [1.165, 1.54) is 0 Å². The first-order valence-electron chi connectivity index (χ1n) is 9.86. The summed E-state index contributed by atoms with van der Waals surface area (Å²) in [5, 5.41) is 0. The predicted octanol–water partition coefficient (Wildman–Crippen LogP) is 2.79. The van der Waals surface area contributed by atoms with Crippen LogP contribution in [0.1, 0.15) is 34.1 Å². The Balaban J connectivity index is 1.59. The molecule has 0 bridgehead atoms. The number of rotatable bonds is 4. The van der Waals surface area contributed by atoms with Crippen molar-refractivity contribution < 1.29 is 23.9 Å². The van der Waals surface area contributed by atoms with E-state index in [1.807, 2.05) is 0 Å². The molecule has 30 heavy (non-hydrogen) atoms. The van der Waals surface area contributed by atoms with Crippen LogP contribution in [-0.2, 0) is 4.74 Å². The van der Waals surface area contributed by atoms with E-state index in [-0.39, 0.29) is 18.4 Å². The Bertz CT molecular complexity index is 896. The fourth-order valence-electron chi connectivity index (χ4n) is 3.22. The van der Waals surface area contributed by atoms with Gasteiger partial charge < -0.3 is 25.0 Å². The molecule has 3 rings (SSSR count). The predicted molar refractivity (Wildman–Crippen MR) is 111 cm³/mol. The number of hydrogen-bond acceptors (Lipinski definition) is 6. The minimum atomic E-state index is -0.782. The zero-order chi connectivity index (χ0) is 21.5. The minimum Gasteiger partial charge on any atom is -0.434 e. The number of carbonyl (C=O) groups excluding carboxylic acids is 3. The molecule has 0 unspecified atom stereocenters. The third-order valence-electron chi connectivity index (χ3n) is 4.79. The first-order valence-corrected chi connectivity index (χ1v) is 9.86. The molecule has 2 aromatic carbocycles. The molecule has 8 heteroatoms.